The van der Waals surface area contributed by atoms with E-state index in [1.165, 1.54) is 0 Å². The van der Waals surface area contributed by atoms with Crippen LogP contribution in [0.15, 0.2) is 17.6 Å². The van der Waals surface area contributed by atoms with E-state index in [2.05, 4.69) is 4.98 Å². The highest BCUT2D eigenvalue weighted by molar-refractivity contribution is 7.16. The van der Waals surface area contributed by atoms with Crippen molar-refractivity contribution in [3.8, 4) is 5.75 Å². The van der Waals surface area contributed by atoms with Crippen LogP contribution < -0.4 is 0 Å². The minimum Gasteiger partial charge on any atom is -0.508 e. The molecule has 0 aliphatic heterocycles. The molecular formula is C8H7NOS. The Morgan fingerprint density at radius 2 is 2.27 bits per heavy atom. The van der Waals surface area contributed by atoms with E-state index in [1.807, 2.05) is 13.0 Å². The number of aromatic hydroxyl groups is 1. The van der Waals surface area contributed by atoms with Crippen LogP contribution in [0.5, 0.6) is 5.75 Å². The van der Waals surface area contributed by atoms with E-state index in [0.29, 0.717) is 5.75 Å². The van der Waals surface area contributed by atoms with Gasteiger partial charge < -0.3 is 5.11 Å². The van der Waals surface area contributed by atoms with Gasteiger partial charge in [0, 0.05) is 5.56 Å². The van der Waals surface area contributed by atoms with E-state index in [0.717, 1.165) is 15.8 Å². The normalized spacial score (nSPS) is 10.6. The molecule has 2 nitrogen and oxygen atoms in total. The molecule has 0 aliphatic rings. The summed E-state index contributed by atoms with van der Waals surface area (Å²) in [4.78, 5) is 4.14. The van der Waals surface area contributed by atoms with Crippen LogP contribution >= 0.6 is 11.3 Å². The third-order valence-corrected chi connectivity index (χ3v) is 2.52. The number of benzene rings is 1. The molecule has 1 aromatic heterocycles. The van der Waals surface area contributed by atoms with Gasteiger partial charge in [-0.2, -0.15) is 0 Å². The Morgan fingerprint density at radius 1 is 1.45 bits per heavy atom. The Morgan fingerprint density at radius 3 is 3.09 bits per heavy atom. The summed E-state index contributed by atoms with van der Waals surface area (Å²) in [6.45, 7) is 1.87. The fourth-order valence-electron chi connectivity index (χ4n) is 1.06. The molecule has 0 atom stereocenters. The highest BCUT2D eigenvalue weighted by Crippen LogP contribution is 2.27. The molecule has 11 heavy (non-hydrogen) atoms. The summed E-state index contributed by atoms with van der Waals surface area (Å²) in [6, 6.07) is 3.59. The molecule has 0 amide bonds. The number of hydrogen-bond acceptors (Lipinski definition) is 3. The number of aromatic nitrogens is 1. The molecule has 0 aliphatic carbocycles. The molecule has 1 aromatic carbocycles. The molecule has 0 bridgehead atoms. The van der Waals surface area contributed by atoms with Crippen molar-refractivity contribution in [1.82, 2.24) is 4.98 Å². The van der Waals surface area contributed by atoms with Crippen molar-refractivity contribution in [2.45, 2.75) is 6.92 Å². The van der Waals surface area contributed by atoms with E-state index >= 15 is 0 Å². The molecule has 2 rings (SSSR count). The minimum atomic E-state index is 0.323. The van der Waals surface area contributed by atoms with Gasteiger partial charge in [0.1, 0.15) is 5.75 Å². The average molecular weight is 165 g/mol. The lowest BCUT2D eigenvalue weighted by Crippen LogP contribution is -1.76. The van der Waals surface area contributed by atoms with Crippen LogP contribution in [0.2, 0.25) is 0 Å². The highest BCUT2D eigenvalue weighted by Gasteiger charge is 2.02. The first-order valence-electron chi connectivity index (χ1n) is 3.31. The van der Waals surface area contributed by atoms with Gasteiger partial charge in [-0.05, 0) is 19.1 Å². The molecule has 1 N–H and O–H groups in total. The summed E-state index contributed by atoms with van der Waals surface area (Å²) in [6.07, 6.45) is 0. The molecular weight excluding hydrogens is 158 g/mol. The number of phenolic OH excluding ortho intramolecular Hbond substituents is 1. The second-order valence-electron chi connectivity index (χ2n) is 2.41. The molecule has 3 heteroatoms. The van der Waals surface area contributed by atoms with Crippen molar-refractivity contribution < 1.29 is 5.11 Å². The van der Waals surface area contributed by atoms with Gasteiger partial charge in [0.15, 0.2) is 0 Å². The van der Waals surface area contributed by atoms with Crippen LogP contribution in [0.25, 0.3) is 10.2 Å². The zero-order valence-corrected chi connectivity index (χ0v) is 6.85. The van der Waals surface area contributed by atoms with Gasteiger partial charge in [-0.1, -0.05) is 0 Å². The van der Waals surface area contributed by atoms with Crippen molar-refractivity contribution in [3.63, 3.8) is 0 Å². The fraction of sp³-hybridized carbons (Fsp3) is 0.125. The molecule has 0 radical (unpaired) electrons. The Hall–Kier alpha value is -1.09. The van der Waals surface area contributed by atoms with Crippen molar-refractivity contribution in [3.05, 3.63) is 23.2 Å². The number of aryl methyl sites for hydroxylation is 1. The van der Waals surface area contributed by atoms with Gasteiger partial charge in [-0.3, -0.25) is 0 Å². The second kappa shape index (κ2) is 2.20. The predicted molar refractivity (Wildman–Crippen MR) is 46.0 cm³/mol. The maximum absolute atomic E-state index is 9.30. The Labute approximate surface area is 68.1 Å². The fourth-order valence-corrected chi connectivity index (χ4v) is 1.79. The monoisotopic (exact) mass is 165 g/mol. The van der Waals surface area contributed by atoms with Gasteiger partial charge in [0.2, 0.25) is 0 Å². The second-order valence-corrected chi connectivity index (χ2v) is 3.30. The van der Waals surface area contributed by atoms with Crippen molar-refractivity contribution >= 4 is 21.6 Å². The van der Waals surface area contributed by atoms with Crippen LogP contribution in [-0.2, 0) is 0 Å². The maximum atomic E-state index is 9.30. The lowest BCUT2D eigenvalue weighted by molar-refractivity contribution is 0.472. The third kappa shape index (κ3) is 0.886. The summed E-state index contributed by atoms with van der Waals surface area (Å²) in [7, 11) is 0. The van der Waals surface area contributed by atoms with Gasteiger partial charge in [-0.25, -0.2) is 4.98 Å². The first kappa shape index (κ1) is 6.61. The molecule has 1 heterocycles. The first-order valence-corrected chi connectivity index (χ1v) is 4.19. The first-order chi connectivity index (χ1) is 5.29. The Kier molecular flexibility index (Phi) is 1.32. The molecule has 0 fully saturated rings. The smallest absolute Gasteiger partial charge is 0.120 e. The topological polar surface area (TPSA) is 33.1 Å². The van der Waals surface area contributed by atoms with Crippen molar-refractivity contribution in [1.29, 1.82) is 0 Å². The predicted octanol–water partition coefficient (Wildman–Crippen LogP) is 2.31. The third-order valence-electron chi connectivity index (χ3n) is 1.73. The van der Waals surface area contributed by atoms with Crippen LogP contribution in [0, 0.1) is 6.92 Å². The van der Waals surface area contributed by atoms with Gasteiger partial charge in [-0.15, -0.1) is 11.3 Å². The molecule has 0 unspecified atom stereocenters. The quantitative estimate of drug-likeness (QED) is 0.649. The van der Waals surface area contributed by atoms with Crippen molar-refractivity contribution in [2.75, 3.05) is 0 Å². The summed E-state index contributed by atoms with van der Waals surface area (Å²) in [5.74, 6) is 0.323. The number of hydrogen-bond donors (Lipinski definition) is 1. The standard InChI is InChI=1S/C8H7NOS/c1-5-6(10)2-3-7-8(5)9-4-11-7/h2-4,10H,1H3. The number of thiazole rings is 1. The van der Waals surface area contributed by atoms with E-state index in [-0.39, 0.29) is 0 Å². The van der Waals surface area contributed by atoms with Crippen molar-refractivity contribution in [2.24, 2.45) is 0 Å². The van der Waals surface area contributed by atoms with Crippen LogP contribution in [0.3, 0.4) is 0 Å². The van der Waals surface area contributed by atoms with Crippen LogP contribution in [-0.4, -0.2) is 10.1 Å². The zero-order valence-electron chi connectivity index (χ0n) is 6.03. The lowest BCUT2D eigenvalue weighted by Gasteiger charge is -1.96. The molecule has 0 saturated carbocycles. The zero-order chi connectivity index (χ0) is 7.84. The molecule has 0 saturated heterocycles. The van der Waals surface area contributed by atoms with Crippen LogP contribution in [0.4, 0.5) is 0 Å². The minimum absolute atomic E-state index is 0.323. The van der Waals surface area contributed by atoms with Gasteiger partial charge >= 0.3 is 0 Å². The SMILES string of the molecule is Cc1c(O)ccc2scnc12. The van der Waals surface area contributed by atoms with Crippen LogP contribution in [0.1, 0.15) is 5.56 Å². The maximum Gasteiger partial charge on any atom is 0.120 e. The van der Waals surface area contributed by atoms with E-state index in [9.17, 15) is 5.11 Å². The van der Waals surface area contributed by atoms with Gasteiger partial charge in [0.25, 0.3) is 0 Å². The molecule has 56 valence electrons. The number of phenols is 1. The number of nitrogens with zero attached hydrogens (tertiary/aromatic N) is 1. The number of rotatable bonds is 0. The van der Waals surface area contributed by atoms with E-state index in [1.54, 1.807) is 22.9 Å². The molecule has 0 spiro atoms. The Bertz CT molecular complexity index is 394. The lowest BCUT2D eigenvalue weighted by atomic mass is 10.2. The highest BCUT2D eigenvalue weighted by atomic mass is 32.1. The average Bonchev–Trinajstić information content (AvgIpc) is 2.45. The summed E-state index contributed by atoms with van der Waals surface area (Å²) >= 11 is 1.59. The largest absolute Gasteiger partial charge is 0.508 e. The summed E-state index contributed by atoms with van der Waals surface area (Å²) in [5, 5.41) is 9.30. The number of fused-ring (bicyclic) bond motifs is 1. The Balaban J connectivity index is 2.93. The van der Waals surface area contributed by atoms with E-state index < -0.39 is 0 Å². The summed E-state index contributed by atoms with van der Waals surface area (Å²) in [5.41, 5.74) is 3.57. The molecule has 2 aromatic rings. The van der Waals surface area contributed by atoms with E-state index in [4.69, 9.17) is 0 Å². The summed E-state index contributed by atoms with van der Waals surface area (Å²) < 4.78 is 1.13. The van der Waals surface area contributed by atoms with Gasteiger partial charge in [0.05, 0.1) is 15.7 Å².